The van der Waals surface area contributed by atoms with Gasteiger partial charge in [-0.15, -0.1) is 0 Å². The van der Waals surface area contributed by atoms with Crippen molar-refractivity contribution in [3.63, 3.8) is 0 Å². The van der Waals surface area contributed by atoms with Crippen LogP contribution in [0.3, 0.4) is 0 Å². The van der Waals surface area contributed by atoms with E-state index in [0.29, 0.717) is 42.3 Å². The van der Waals surface area contributed by atoms with Crippen LogP contribution in [0.1, 0.15) is 24.0 Å². The zero-order valence-corrected chi connectivity index (χ0v) is 19.9. The number of likely N-dealkylation sites (tertiary alicyclic amines) is 1. The maximum Gasteiger partial charge on any atom is 0.387 e. The van der Waals surface area contributed by atoms with Gasteiger partial charge in [0.15, 0.2) is 17.1 Å². The van der Waals surface area contributed by atoms with Gasteiger partial charge in [-0.2, -0.15) is 8.78 Å². The SMILES string of the molecule is Cc1c(-c2ccc3c(c2)OCCO3)cccc1-c1nc2cc(CN3CCCC3)c(OC(F)F)cc2o1. The monoisotopic (exact) mass is 492 g/mol. The molecule has 1 fully saturated rings. The summed E-state index contributed by atoms with van der Waals surface area (Å²) in [5, 5.41) is 0. The van der Waals surface area contributed by atoms with Crippen LogP contribution in [0.15, 0.2) is 52.9 Å². The van der Waals surface area contributed by atoms with Crippen molar-refractivity contribution >= 4 is 11.1 Å². The van der Waals surface area contributed by atoms with Crippen molar-refractivity contribution in [2.75, 3.05) is 26.3 Å². The Morgan fingerprint density at radius 3 is 2.56 bits per heavy atom. The third kappa shape index (κ3) is 4.37. The van der Waals surface area contributed by atoms with Gasteiger partial charge in [0.2, 0.25) is 5.89 Å². The first-order valence-corrected chi connectivity index (χ1v) is 12.2. The summed E-state index contributed by atoms with van der Waals surface area (Å²) in [6.07, 6.45) is 2.22. The standard InChI is InChI=1S/C28H26F2N2O4/c1-17-20(18-7-8-23-26(14-18)34-12-11-33-23)5-4-6-21(17)27-31-22-13-19(16-32-9-2-3-10-32)24(36-28(29)30)15-25(22)35-27/h4-8,13-15,28H,2-3,9-12,16H2,1H3. The summed E-state index contributed by atoms with van der Waals surface area (Å²) in [5.74, 6) is 2.03. The summed E-state index contributed by atoms with van der Waals surface area (Å²) in [7, 11) is 0. The smallest absolute Gasteiger partial charge is 0.387 e. The van der Waals surface area contributed by atoms with Crippen molar-refractivity contribution in [1.29, 1.82) is 0 Å². The molecule has 1 aromatic heterocycles. The lowest BCUT2D eigenvalue weighted by molar-refractivity contribution is -0.0506. The molecule has 0 atom stereocenters. The summed E-state index contributed by atoms with van der Waals surface area (Å²) >= 11 is 0. The van der Waals surface area contributed by atoms with E-state index in [0.717, 1.165) is 59.7 Å². The number of halogens is 2. The molecule has 3 heterocycles. The molecule has 6 nitrogen and oxygen atoms in total. The predicted molar refractivity (Wildman–Crippen MR) is 132 cm³/mol. The van der Waals surface area contributed by atoms with Gasteiger partial charge in [0.1, 0.15) is 24.5 Å². The Hall–Kier alpha value is -3.65. The number of hydrogen-bond donors (Lipinski definition) is 0. The third-order valence-corrected chi connectivity index (χ3v) is 6.80. The summed E-state index contributed by atoms with van der Waals surface area (Å²) < 4.78 is 48.6. The highest BCUT2D eigenvalue weighted by atomic mass is 19.3. The Kier molecular flexibility index (Phi) is 5.97. The summed E-state index contributed by atoms with van der Waals surface area (Å²) in [6, 6.07) is 15.2. The van der Waals surface area contributed by atoms with Gasteiger partial charge in [-0.3, -0.25) is 4.90 Å². The molecule has 8 heteroatoms. The minimum Gasteiger partial charge on any atom is -0.486 e. The van der Waals surface area contributed by atoms with Crippen molar-refractivity contribution in [2.45, 2.75) is 32.9 Å². The molecule has 0 radical (unpaired) electrons. The number of oxazole rings is 1. The second-order valence-electron chi connectivity index (χ2n) is 9.15. The summed E-state index contributed by atoms with van der Waals surface area (Å²) in [5.41, 5.74) is 5.54. The Labute approximate surface area is 207 Å². The molecular formula is C28H26F2N2O4. The van der Waals surface area contributed by atoms with E-state index < -0.39 is 6.61 Å². The van der Waals surface area contributed by atoms with E-state index in [1.807, 2.05) is 43.3 Å². The van der Waals surface area contributed by atoms with Crippen LogP contribution < -0.4 is 14.2 Å². The van der Waals surface area contributed by atoms with E-state index in [2.05, 4.69) is 4.90 Å². The van der Waals surface area contributed by atoms with Crippen LogP contribution in [0.4, 0.5) is 8.78 Å². The molecule has 0 aliphatic carbocycles. The molecule has 1 saturated heterocycles. The van der Waals surface area contributed by atoms with Crippen molar-refractivity contribution in [1.82, 2.24) is 9.88 Å². The van der Waals surface area contributed by atoms with Gasteiger partial charge in [0.05, 0.1) is 0 Å². The number of hydrogen-bond acceptors (Lipinski definition) is 6. The van der Waals surface area contributed by atoms with E-state index in [1.54, 1.807) is 6.07 Å². The molecule has 0 saturated carbocycles. The first-order valence-electron chi connectivity index (χ1n) is 12.2. The van der Waals surface area contributed by atoms with Crippen molar-refractivity contribution < 1.29 is 27.4 Å². The van der Waals surface area contributed by atoms with Gasteiger partial charge >= 0.3 is 6.61 Å². The molecule has 0 bridgehead atoms. The fourth-order valence-corrected chi connectivity index (χ4v) is 5.02. The van der Waals surface area contributed by atoms with Crippen LogP contribution in [-0.4, -0.2) is 42.8 Å². The van der Waals surface area contributed by atoms with Crippen LogP contribution in [0, 0.1) is 6.92 Å². The van der Waals surface area contributed by atoms with E-state index in [4.69, 9.17) is 23.6 Å². The van der Waals surface area contributed by atoms with Crippen LogP contribution >= 0.6 is 0 Å². The van der Waals surface area contributed by atoms with Crippen LogP contribution in [0.25, 0.3) is 33.7 Å². The largest absolute Gasteiger partial charge is 0.486 e. The predicted octanol–water partition coefficient (Wildman–Crippen LogP) is 6.44. The quantitative estimate of drug-likeness (QED) is 0.309. The molecule has 186 valence electrons. The topological polar surface area (TPSA) is 57.0 Å². The molecule has 6 rings (SSSR count). The second-order valence-corrected chi connectivity index (χ2v) is 9.15. The fourth-order valence-electron chi connectivity index (χ4n) is 5.02. The summed E-state index contributed by atoms with van der Waals surface area (Å²) in [6.45, 7) is 2.60. The second kappa shape index (κ2) is 9.43. The van der Waals surface area contributed by atoms with E-state index in [9.17, 15) is 8.78 Å². The molecule has 2 aliphatic heterocycles. The number of nitrogens with zero attached hydrogens (tertiary/aromatic N) is 2. The lowest BCUT2D eigenvalue weighted by Crippen LogP contribution is -2.19. The lowest BCUT2D eigenvalue weighted by Gasteiger charge is -2.19. The molecule has 2 aliphatic rings. The number of benzene rings is 3. The normalized spacial score (nSPS) is 15.7. The zero-order chi connectivity index (χ0) is 24.6. The number of aromatic nitrogens is 1. The highest BCUT2D eigenvalue weighted by Gasteiger charge is 2.21. The van der Waals surface area contributed by atoms with Gasteiger partial charge in [0, 0.05) is 23.7 Å². The first kappa shape index (κ1) is 22.8. The van der Waals surface area contributed by atoms with Gasteiger partial charge in [0.25, 0.3) is 0 Å². The van der Waals surface area contributed by atoms with Crippen molar-refractivity contribution in [2.24, 2.45) is 0 Å². The Morgan fingerprint density at radius 1 is 0.972 bits per heavy atom. The highest BCUT2D eigenvalue weighted by molar-refractivity contribution is 5.82. The minimum absolute atomic E-state index is 0.133. The number of alkyl halides is 2. The molecule has 0 spiro atoms. The molecule has 0 unspecified atom stereocenters. The first-order chi connectivity index (χ1) is 17.5. The molecule has 36 heavy (non-hydrogen) atoms. The number of fused-ring (bicyclic) bond motifs is 2. The Bertz CT molecular complexity index is 1410. The zero-order valence-electron chi connectivity index (χ0n) is 19.9. The van der Waals surface area contributed by atoms with Gasteiger partial charge in [-0.25, -0.2) is 4.98 Å². The maximum atomic E-state index is 13.1. The molecule has 0 N–H and O–H groups in total. The Morgan fingerprint density at radius 2 is 1.75 bits per heavy atom. The average Bonchev–Trinajstić information content (AvgIpc) is 3.53. The molecule has 3 aromatic carbocycles. The lowest BCUT2D eigenvalue weighted by atomic mass is 9.96. The molecule has 4 aromatic rings. The van der Waals surface area contributed by atoms with E-state index >= 15 is 0 Å². The molecular weight excluding hydrogens is 466 g/mol. The van der Waals surface area contributed by atoms with Crippen molar-refractivity contribution in [3.05, 3.63) is 59.7 Å². The Balaban J connectivity index is 1.38. The average molecular weight is 493 g/mol. The van der Waals surface area contributed by atoms with Crippen LogP contribution in [0.5, 0.6) is 17.2 Å². The molecule has 0 amide bonds. The van der Waals surface area contributed by atoms with E-state index in [-0.39, 0.29) is 5.75 Å². The van der Waals surface area contributed by atoms with E-state index in [1.165, 1.54) is 6.07 Å². The number of ether oxygens (including phenoxy) is 3. The van der Waals surface area contributed by atoms with Crippen LogP contribution in [0.2, 0.25) is 0 Å². The fraction of sp³-hybridized carbons (Fsp3) is 0.321. The van der Waals surface area contributed by atoms with Crippen LogP contribution in [-0.2, 0) is 6.54 Å². The maximum absolute atomic E-state index is 13.1. The minimum atomic E-state index is -2.91. The van der Waals surface area contributed by atoms with Gasteiger partial charge in [-0.05, 0) is 73.8 Å². The highest BCUT2D eigenvalue weighted by Crippen LogP contribution is 2.39. The van der Waals surface area contributed by atoms with Crippen molar-refractivity contribution in [3.8, 4) is 39.8 Å². The third-order valence-electron chi connectivity index (χ3n) is 6.80. The summed E-state index contributed by atoms with van der Waals surface area (Å²) in [4.78, 5) is 6.97. The van der Waals surface area contributed by atoms with Gasteiger partial charge in [-0.1, -0.05) is 18.2 Å². The van der Waals surface area contributed by atoms with Gasteiger partial charge < -0.3 is 18.6 Å². The number of rotatable bonds is 6.